The molecule has 4 heteroatoms. The van der Waals surface area contributed by atoms with E-state index in [1.54, 1.807) is 0 Å². The highest BCUT2D eigenvalue weighted by atomic mass is 79.9. The number of halogens is 1. The van der Waals surface area contributed by atoms with Crippen molar-refractivity contribution in [1.29, 1.82) is 0 Å². The van der Waals surface area contributed by atoms with E-state index >= 15 is 0 Å². The summed E-state index contributed by atoms with van der Waals surface area (Å²) in [7, 11) is 0. The van der Waals surface area contributed by atoms with E-state index < -0.39 is 0 Å². The van der Waals surface area contributed by atoms with Crippen molar-refractivity contribution in [1.82, 2.24) is 15.3 Å². The number of aromatic amines is 1. The Bertz CT molecular complexity index is 706. The smallest absolute Gasteiger partial charge is 0.0486 e. The van der Waals surface area contributed by atoms with E-state index in [9.17, 15) is 0 Å². The normalized spacial score (nSPS) is 11.1. The van der Waals surface area contributed by atoms with E-state index in [2.05, 4.69) is 55.5 Å². The fourth-order valence-electron chi connectivity index (χ4n) is 2.35. The molecule has 2 aromatic heterocycles. The third-order valence-electron chi connectivity index (χ3n) is 3.42. The van der Waals surface area contributed by atoms with Gasteiger partial charge in [0, 0.05) is 35.1 Å². The molecule has 2 N–H and O–H groups in total. The molecule has 1 aromatic carbocycles. The standard InChI is InChI=1S/C16H16BrN3/c17-15-11-19-8-5-14(15)10-18-7-4-12-2-1-3-13-6-9-20-16(12)13/h1-3,5-6,8-9,11,18,20H,4,7,10H2. The second-order valence-corrected chi connectivity index (χ2v) is 5.61. The number of nitrogens with zero attached hydrogens (tertiary/aromatic N) is 1. The van der Waals surface area contributed by atoms with Crippen LogP contribution in [0.3, 0.4) is 0 Å². The number of nitrogens with one attached hydrogen (secondary N) is 2. The lowest BCUT2D eigenvalue weighted by atomic mass is 10.1. The Morgan fingerprint density at radius 2 is 2.10 bits per heavy atom. The van der Waals surface area contributed by atoms with Crippen molar-refractivity contribution in [3.05, 3.63) is 64.5 Å². The molecule has 3 rings (SSSR count). The van der Waals surface area contributed by atoms with Crippen LogP contribution in [0.2, 0.25) is 0 Å². The molecule has 3 nitrogen and oxygen atoms in total. The lowest BCUT2D eigenvalue weighted by Gasteiger charge is -2.07. The first-order chi connectivity index (χ1) is 9.84. The first-order valence-electron chi connectivity index (χ1n) is 6.68. The molecule has 0 saturated heterocycles. The number of para-hydroxylation sites is 1. The highest BCUT2D eigenvalue weighted by molar-refractivity contribution is 9.10. The molecule has 0 aliphatic carbocycles. The third kappa shape index (κ3) is 2.92. The van der Waals surface area contributed by atoms with Gasteiger partial charge in [-0.25, -0.2) is 0 Å². The Labute approximate surface area is 126 Å². The molecule has 0 saturated carbocycles. The van der Waals surface area contributed by atoms with Crippen LogP contribution in [0, 0.1) is 0 Å². The van der Waals surface area contributed by atoms with Gasteiger partial charge in [-0.2, -0.15) is 0 Å². The Morgan fingerprint density at radius 3 is 3.00 bits per heavy atom. The minimum Gasteiger partial charge on any atom is -0.361 e. The van der Waals surface area contributed by atoms with Gasteiger partial charge >= 0.3 is 0 Å². The van der Waals surface area contributed by atoms with E-state index in [1.807, 2.05) is 24.7 Å². The van der Waals surface area contributed by atoms with Crippen molar-refractivity contribution in [3.8, 4) is 0 Å². The van der Waals surface area contributed by atoms with E-state index in [0.717, 1.165) is 24.0 Å². The molecule has 0 unspecified atom stereocenters. The minimum absolute atomic E-state index is 0.851. The van der Waals surface area contributed by atoms with E-state index in [-0.39, 0.29) is 0 Å². The lowest BCUT2D eigenvalue weighted by molar-refractivity contribution is 0.686. The SMILES string of the molecule is Brc1cnccc1CNCCc1cccc2cc[nH]c12. The molecule has 0 spiro atoms. The number of hydrogen-bond acceptors (Lipinski definition) is 2. The molecule has 0 aliphatic rings. The van der Waals surface area contributed by atoms with E-state index in [1.165, 1.54) is 22.0 Å². The number of benzene rings is 1. The average Bonchev–Trinajstić information content (AvgIpc) is 2.94. The van der Waals surface area contributed by atoms with Crippen LogP contribution in [0.1, 0.15) is 11.1 Å². The summed E-state index contributed by atoms with van der Waals surface area (Å²) in [5.74, 6) is 0. The van der Waals surface area contributed by atoms with Crippen LogP contribution in [-0.4, -0.2) is 16.5 Å². The molecule has 0 fully saturated rings. The monoisotopic (exact) mass is 329 g/mol. The number of H-pyrrole nitrogens is 1. The maximum atomic E-state index is 4.07. The van der Waals surface area contributed by atoms with Gasteiger partial charge in [-0.05, 0) is 57.5 Å². The molecule has 0 atom stereocenters. The van der Waals surface area contributed by atoms with Crippen molar-refractivity contribution in [2.75, 3.05) is 6.54 Å². The Kier molecular flexibility index (Phi) is 4.14. The van der Waals surface area contributed by atoms with Gasteiger partial charge in [-0.3, -0.25) is 4.98 Å². The van der Waals surface area contributed by atoms with E-state index in [0.29, 0.717) is 0 Å². The largest absolute Gasteiger partial charge is 0.361 e. The first kappa shape index (κ1) is 13.3. The van der Waals surface area contributed by atoms with Gasteiger partial charge in [0.05, 0.1) is 0 Å². The summed E-state index contributed by atoms with van der Waals surface area (Å²) in [6, 6.07) is 10.6. The maximum Gasteiger partial charge on any atom is 0.0486 e. The molecule has 0 aliphatic heterocycles. The van der Waals surface area contributed by atoms with Crippen LogP contribution in [-0.2, 0) is 13.0 Å². The summed E-state index contributed by atoms with van der Waals surface area (Å²) in [4.78, 5) is 7.38. The Balaban J connectivity index is 1.58. The van der Waals surface area contributed by atoms with Gasteiger partial charge in [-0.15, -0.1) is 0 Å². The average molecular weight is 330 g/mol. The highest BCUT2D eigenvalue weighted by Gasteiger charge is 2.02. The van der Waals surface area contributed by atoms with Gasteiger partial charge in [0.25, 0.3) is 0 Å². The molecule has 3 aromatic rings. The van der Waals surface area contributed by atoms with Crippen molar-refractivity contribution in [3.63, 3.8) is 0 Å². The van der Waals surface area contributed by atoms with Gasteiger partial charge in [-0.1, -0.05) is 18.2 Å². The third-order valence-corrected chi connectivity index (χ3v) is 4.13. The fourth-order valence-corrected chi connectivity index (χ4v) is 2.74. The first-order valence-corrected chi connectivity index (χ1v) is 7.48. The van der Waals surface area contributed by atoms with Crippen molar-refractivity contribution < 1.29 is 0 Å². The molecule has 2 heterocycles. The zero-order valence-electron chi connectivity index (χ0n) is 11.1. The summed E-state index contributed by atoms with van der Waals surface area (Å²) in [6.07, 6.45) is 6.66. The highest BCUT2D eigenvalue weighted by Crippen LogP contribution is 2.17. The summed E-state index contributed by atoms with van der Waals surface area (Å²) in [5, 5.41) is 4.75. The number of aromatic nitrogens is 2. The maximum absolute atomic E-state index is 4.07. The summed E-state index contributed by atoms with van der Waals surface area (Å²) < 4.78 is 1.05. The quantitative estimate of drug-likeness (QED) is 0.701. The molecule has 0 radical (unpaired) electrons. The zero-order valence-corrected chi connectivity index (χ0v) is 12.7. The van der Waals surface area contributed by atoms with Crippen LogP contribution < -0.4 is 5.32 Å². The minimum atomic E-state index is 0.851. The number of rotatable bonds is 5. The number of pyridine rings is 1. The van der Waals surface area contributed by atoms with Gasteiger partial charge in [0.1, 0.15) is 0 Å². The van der Waals surface area contributed by atoms with Crippen LogP contribution in [0.4, 0.5) is 0 Å². The fraction of sp³-hybridized carbons (Fsp3) is 0.188. The molecule has 20 heavy (non-hydrogen) atoms. The van der Waals surface area contributed by atoms with Crippen LogP contribution in [0.25, 0.3) is 10.9 Å². The Hall–Kier alpha value is -1.65. The van der Waals surface area contributed by atoms with Crippen LogP contribution in [0.5, 0.6) is 0 Å². The van der Waals surface area contributed by atoms with Crippen molar-refractivity contribution >= 4 is 26.8 Å². The molecule has 0 bridgehead atoms. The van der Waals surface area contributed by atoms with E-state index in [4.69, 9.17) is 0 Å². The summed E-state index contributed by atoms with van der Waals surface area (Å²) >= 11 is 3.51. The topological polar surface area (TPSA) is 40.7 Å². The molecule has 102 valence electrons. The molecule has 0 amide bonds. The zero-order chi connectivity index (χ0) is 13.8. The van der Waals surface area contributed by atoms with Crippen molar-refractivity contribution in [2.45, 2.75) is 13.0 Å². The number of fused-ring (bicyclic) bond motifs is 1. The summed E-state index contributed by atoms with van der Waals surface area (Å²) in [5.41, 5.74) is 3.84. The number of hydrogen-bond donors (Lipinski definition) is 2. The summed E-state index contributed by atoms with van der Waals surface area (Å²) in [6.45, 7) is 1.80. The predicted molar refractivity (Wildman–Crippen MR) is 85.6 cm³/mol. The van der Waals surface area contributed by atoms with Gasteiger partial charge in [0.2, 0.25) is 0 Å². The molecular weight excluding hydrogens is 314 g/mol. The molecular formula is C16H16BrN3. The predicted octanol–water partition coefficient (Wildman–Crippen LogP) is 3.66. The van der Waals surface area contributed by atoms with Crippen LogP contribution >= 0.6 is 15.9 Å². The van der Waals surface area contributed by atoms with Crippen LogP contribution in [0.15, 0.2) is 53.4 Å². The van der Waals surface area contributed by atoms with Gasteiger partial charge < -0.3 is 10.3 Å². The van der Waals surface area contributed by atoms with Crippen molar-refractivity contribution in [2.24, 2.45) is 0 Å². The second-order valence-electron chi connectivity index (χ2n) is 4.75. The van der Waals surface area contributed by atoms with Gasteiger partial charge in [0.15, 0.2) is 0 Å². The lowest BCUT2D eigenvalue weighted by Crippen LogP contribution is -2.17. The Morgan fingerprint density at radius 1 is 1.15 bits per heavy atom. The second kappa shape index (κ2) is 6.20.